The third-order valence-electron chi connectivity index (χ3n) is 1.59. The highest BCUT2D eigenvalue weighted by atomic mass is 35.5. The van der Waals surface area contributed by atoms with E-state index >= 15 is 0 Å². The Hall–Kier alpha value is -1.03. The van der Waals surface area contributed by atoms with Crippen molar-refractivity contribution in [3.05, 3.63) is 11.8 Å². The average molecular weight is 202 g/mol. The lowest BCUT2D eigenvalue weighted by atomic mass is 10.4. The largest absolute Gasteiger partial charge is 0.310 e. The van der Waals surface area contributed by atoms with Crippen LogP contribution in [0.25, 0.3) is 0 Å². The van der Waals surface area contributed by atoms with Gasteiger partial charge in [0.15, 0.2) is 0 Å². The van der Waals surface area contributed by atoms with Gasteiger partial charge in [-0.05, 0) is 13.8 Å². The van der Waals surface area contributed by atoms with Gasteiger partial charge in [0.2, 0.25) is 5.91 Å². The fraction of sp³-hybridized carbons (Fsp3) is 0.500. The Morgan fingerprint density at radius 2 is 2.46 bits per heavy atom. The van der Waals surface area contributed by atoms with Crippen molar-refractivity contribution in [1.29, 1.82) is 0 Å². The first-order chi connectivity index (χ1) is 6.17. The Kier molecular flexibility index (Phi) is 3.31. The fourth-order valence-corrected chi connectivity index (χ4v) is 1.13. The molecule has 1 N–H and O–H groups in total. The summed E-state index contributed by atoms with van der Waals surface area (Å²) < 4.78 is 1.72. The van der Waals surface area contributed by atoms with Crippen LogP contribution in [0.15, 0.2) is 6.07 Å². The molecule has 1 heterocycles. The number of carbonyl (C=O) groups is 1. The fourth-order valence-electron chi connectivity index (χ4n) is 1.06. The molecule has 0 saturated carbocycles. The maximum atomic E-state index is 11.0. The molecule has 1 amide bonds. The number of amides is 1. The molecule has 0 fully saturated rings. The summed E-state index contributed by atoms with van der Waals surface area (Å²) in [4.78, 5) is 11.0. The molecule has 0 spiro atoms. The normalized spacial score (nSPS) is 10.1. The standard InChI is InChI=1S/C8H12ClN3O/c1-3-12-7(4-6(2)11-12)10-8(13)5-9/h4H,3,5H2,1-2H3,(H,10,13). The van der Waals surface area contributed by atoms with Gasteiger partial charge in [-0.15, -0.1) is 11.6 Å². The van der Waals surface area contributed by atoms with Crippen LogP contribution in [0.1, 0.15) is 12.6 Å². The van der Waals surface area contributed by atoms with Gasteiger partial charge < -0.3 is 5.32 Å². The molecule has 0 aliphatic heterocycles. The number of hydrogen-bond donors (Lipinski definition) is 1. The lowest BCUT2D eigenvalue weighted by Gasteiger charge is -2.04. The second-order valence-electron chi connectivity index (χ2n) is 2.67. The van der Waals surface area contributed by atoms with Gasteiger partial charge in [0.1, 0.15) is 11.7 Å². The Bertz CT molecular complexity index is 308. The van der Waals surface area contributed by atoms with E-state index in [0.717, 1.165) is 12.2 Å². The van der Waals surface area contributed by atoms with Gasteiger partial charge in [-0.1, -0.05) is 0 Å². The van der Waals surface area contributed by atoms with Gasteiger partial charge in [-0.25, -0.2) is 4.68 Å². The molecule has 1 aromatic rings. The van der Waals surface area contributed by atoms with Crippen LogP contribution in [0.3, 0.4) is 0 Å². The summed E-state index contributed by atoms with van der Waals surface area (Å²) >= 11 is 5.36. The van der Waals surface area contributed by atoms with Crippen molar-refractivity contribution in [3.8, 4) is 0 Å². The molecular weight excluding hydrogens is 190 g/mol. The van der Waals surface area contributed by atoms with Crippen molar-refractivity contribution in [2.45, 2.75) is 20.4 Å². The van der Waals surface area contributed by atoms with Gasteiger partial charge in [0.05, 0.1) is 5.69 Å². The number of aromatic nitrogens is 2. The van der Waals surface area contributed by atoms with E-state index < -0.39 is 0 Å². The quantitative estimate of drug-likeness (QED) is 0.752. The summed E-state index contributed by atoms with van der Waals surface area (Å²) in [6.07, 6.45) is 0. The van der Waals surface area contributed by atoms with Crippen molar-refractivity contribution in [1.82, 2.24) is 9.78 Å². The van der Waals surface area contributed by atoms with Crippen LogP contribution in [0, 0.1) is 6.92 Å². The van der Waals surface area contributed by atoms with E-state index in [2.05, 4.69) is 10.4 Å². The highest BCUT2D eigenvalue weighted by molar-refractivity contribution is 6.29. The maximum absolute atomic E-state index is 11.0. The number of alkyl halides is 1. The first-order valence-electron chi connectivity index (χ1n) is 4.07. The zero-order valence-electron chi connectivity index (χ0n) is 7.67. The van der Waals surface area contributed by atoms with Crippen molar-refractivity contribution >= 4 is 23.3 Å². The highest BCUT2D eigenvalue weighted by Gasteiger charge is 2.06. The topological polar surface area (TPSA) is 46.9 Å². The summed E-state index contributed by atoms with van der Waals surface area (Å²) in [5.74, 6) is 0.454. The Balaban J connectivity index is 2.80. The molecule has 4 nitrogen and oxygen atoms in total. The van der Waals surface area contributed by atoms with Crippen LogP contribution in [0.2, 0.25) is 0 Å². The molecular formula is C8H12ClN3O. The number of carbonyl (C=O) groups excluding carboxylic acids is 1. The van der Waals surface area contributed by atoms with Gasteiger partial charge in [0, 0.05) is 12.6 Å². The summed E-state index contributed by atoms with van der Waals surface area (Å²) in [6, 6.07) is 1.81. The number of aryl methyl sites for hydroxylation is 2. The highest BCUT2D eigenvalue weighted by Crippen LogP contribution is 2.09. The van der Waals surface area contributed by atoms with Crippen LogP contribution in [-0.4, -0.2) is 21.6 Å². The lowest BCUT2D eigenvalue weighted by molar-refractivity contribution is -0.114. The van der Waals surface area contributed by atoms with Crippen molar-refractivity contribution in [2.24, 2.45) is 0 Å². The number of nitrogens with zero attached hydrogens (tertiary/aromatic N) is 2. The third kappa shape index (κ3) is 2.45. The summed E-state index contributed by atoms with van der Waals surface area (Å²) in [5, 5.41) is 6.84. The van der Waals surface area contributed by atoms with Crippen molar-refractivity contribution in [2.75, 3.05) is 11.2 Å². The number of halogens is 1. The minimum Gasteiger partial charge on any atom is -0.310 e. The SMILES string of the molecule is CCn1nc(C)cc1NC(=O)CCl. The van der Waals surface area contributed by atoms with Crippen LogP contribution in [-0.2, 0) is 11.3 Å². The summed E-state index contributed by atoms with van der Waals surface area (Å²) in [7, 11) is 0. The van der Waals surface area contributed by atoms with E-state index in [-0.39, 0.29) is 11.8 Å². The van der Waals surface area contributed by atoms with Crippen molar-refractivity contribution in [3.63, 3.8) is 0 Å². The second-order valence-corrected chi connectivity index (χ2v) is 2.94. The molecule has 72 valence electrons. The Labute approximate surface area is 81.9 Å². The number of hydrogen-bond acceptors (Lipinski definition) is 2. The molecule has 0 saturated heterocycles. The zero-order valence-corrected chi connectivity index (χ0v) is 8.43. The monoisotopic (exact) mass is 201 g/mol. The van der Waals surface area contributed by atoms with Gasteiger partial charge in [0.25, 0.3) is 0 Å². The van der Waals surface area contributed by atoms with E-state index in [0.29, 0.717) is 5.82 Å². The molecule has 5 heteroatoms. The first-order valence-corrected chi connectivity index (χ1v) is 4.61. The van der Waals surface area contributed by atoms with Crippen LogP contribution in [0.5, 0.6) is 0 Å². The Morgan fingerprint density at radius 3 is 3.00 bits per heavy atom. The molecule has 13 heavy (non-hydrogen) atoms. The van der Waals surface area contributed by atoms with Gasteiger partial charge >= 0.3 is 0 Å². The smallest absolute Gasteiger partial charge is 0.240 e. The lowest BCUT2D eigenvalue weighted by Crippen LogP contribution is -2.15. The van der Waals surface area contributed by atoms with Crippen LogP contribution >= 0.6 is 11.6 Å². The summed E-state index contributed by atoms with van der Waals surface area (Å²) in [5.41, 5.74) is 0.881. The first kappa shape index (κ1) is 10.1. The summed E-state index contributed by atoms with van der Waals surface area (Å²) in [6.45, 7) is 4.57. The predicted octanol–water partition coefficient (Wildman–Crippen LogP) is 1.39. The van der Waals surface area contributed by atoms with Crippen LogP contribution < -0.4 is 5.32 Å². The molecule has 1 aromatic heterocycles. The molecule has 0 aliphatic rings. The minimum absolute atomic E-state index is 0.0338. The molecule has 0 aromatic carbocycles. The Morgan fingerprint density at radius 1 is 1.77 bits per heavy atom. The molecule has 1 rings (SSSR count). The minimum atomic E-state index is -0.212. The maximum Gasteiger partial charge on any atom is 0.240 e. The molecule has 0 unspecified atom stereocenters. The van der Waals surface area contributed by atoms with Crippen molar-refractivity contribution < 1.29 is 4.79 Å². The van der Waals surface area contributed by atoms with E-state index in [9.17, 15) is 4.79 Å². The molecule has 0 radical (unpaired) electrons. The predicted molar refractivity (Wildman–Crippen MR) is 52.0 cm³/mol. The van der Waals surface area contributed by atoms with E-state index in [1.165, 1.54) is 0 Å². The third-order valence-corrected chi connectivity index (χ3v) is 1.83. The number of anilines is 1. The molecule has 0 bridgehead atoms. The van der Waals surface area contributed by atoms with Crippen LogP contribution in [0.4, 0.5) is 5.82 Å². The van der Waals surface area contributed by atoms with E-state index in [4.69, 9.17) is 11.6 Å². The number of rotatable bonds is 3. The van der Waals surface area contributed by atoms with E-state index in [1.807, 2.05) is 19.9 Å². The average Bonchev–Trinajstić information content (AvgIpc) is 2.46. The van der Waals surface area contributed by atoms with Gasteiger partial charge in [-0.2, -0.15) is 5.10 Å². The second kappa shape index (κ2) is 4.28. The molecule has 0 atom stereocenters. The molecule has 0 aliphatic carbocycles. The number of nitrogens with one attached hydrogen (secondary N) is 1. The zero-order chi connectivity index (χ0) is 9.84. The van der Waals surface area contributed by atoms with E-state index in [1.54, 1.807) is 4.68 Å². The van der Waals surface area contributed by atoms with Gasteiger partial charge in [-0.3, -0.25) is 4.79 Å².